The Balaban J connectivity index is 1.93. The van der Waals surface area contributed by atoms with Crippen molar-refractivity contribution in [1.82, 2.24) is 5.43 Å². The smallest absolute Gasteiger partial charge is 0.272 e. The molecule has 0 unspecified atom stereocenters. The number of hydrogen-bond donors (Lipinski definition) is 1. The molecule has 0 aliphatic carbocycles. The number of nitrogens with zero attached hydrogens (tertiary/aromatic N) is 2. The molecule has 0 aliphatic heterocycles. The highest BCUT2D eigenvalue weighted by Gasteiger charge is 2.10. The number of carbonyl (C=O) groups excluding carboxylic acids is 1. The maximum absolute atomic E-state index is 11.9. The van der Waals surface area contributed by atoms with E-state index in [2.05, 4.69) is 26.5 Å². The average Bonchev–Trinajstić information content (AvgIpc) is 2.57. The Labute approximate surface area is 158 Å². The van der Waals surface area contributed by atoms with Crippen LogP contribution in [-0.2, 0) is 4.79 Å². The molecule has 2 rings (SSSR count). The summed E-state index contributed by atoms with van der Waals surface area (Å²) in [5.74, 6) is -0.0735. The second kappa shape index (κ2) is 8.77. The molecule has 0 atom stereocenters. The summed E-state index contributed by atoms with van der Waals surface area (Å²) in [5, 5.41) is 14.7. The minimum atomic E-state index is -0.488. The molecule has 1 N–H and O–H groups in total. The molecule has 0 aromatic heterocycles. The van der Waals surface area contributed by atoms with Crippen molar-refractivity contribution in [2.75, 3.05) is 5.75 Å². The molecular formula is C17H16BrN3O3S. The standard InChI is InChI=1S/C17H16BrN3O3S/c1-11-8-16(12(2)7-14(11)18)25-10-17(22)20-19-9-13-5-3-4-6-15(13)21(23)24/h3-9H,10H2,1-2H3,(H,20,22). The number of nitro groups is 1. The van der Waals surface area contributed by atoms with Gasteiger partial charge >= 0.3 is 0 Å². The van der Waals surface area contributed by atoms with Crippen molar-refractivity contribution in [3.8, 4) is 0 Å². The zero-order chi connectivity index (χ0) is 18.4. The summed E-state index contributed by atoms with van der Waals surface area (Å²) in [6.07, 6.45) is 1.27. The van der Waals surface area contributed by atoms with Crippen LogP contribution in [0.5, 0.6) is 0 Å². The number of hydrazone groups is 1. The Bertz CT molecular complexity index is 840. The molecule has 0 saturated heterocycles. The van der Waals surface area contributed by atoms with E-state index in [4.69, 9.17) is 0 Å². The van der Waals surface area contributed by atoms with Crippen LogP contribution in [0, 0.1) is 24.0 Å². The lowest BCUT2D eigenvalue weighted by molar-refractivity contribution is -0.385. The summed E-state index contributed by atoms with van der Waals surface area (Å²) in [7, 11) is 0. The molecular weight excluding hydrogens is 406 g/mol. The van der Waals surface area contributed by atoms with Crippen LogP contribution in [0.1, 0.15) is 16.7 Å². The van der Waals surface area contributed by atoms with E-state index in [1.807, 2.05) is 26.0 Å². The number of carbonyl (C=O) groups is 1. The van der Waals surface area contributed by atoms with Gasteiger partial charge in [-0.1, -0.05) is 28.1 Å². The van der Waals surface area contributed by atoms with Crippen LogP contribution < -0.4 is 5.43 Å². The predicted octanol–water partition coefficient (Wildman–Crippen LogP) is 4.22. The summed E-state index contributed by atoms with van der Waals surface area (Å²) in [6, 6.07) is 10.2. The monoisotopic (exact) mass is 421 g/mol. The first-order valence-electron chi connectivity index (χ1n) is 7.33. The van der Waals surface area contributed by atoms with E-state index in [0.717, 1.165) is 20.5 Å². The van der Waals surface area contributed by atoms with Crippen molar-refractivity contribution in [3.63, 3.8) is 0 Å². The molecule has 0 saturated carbocycles. The van der Waals surface area contributed by atoms with Crippen molar-refractivity contribution >= 4 is 45.5 Å². The first-order chi connectivity index (χ1) is 11.9. The fraction of sp³-hybridized carbons (Fsp3) is 0.176. The van der Waals surface area contributed by atoms with Gasteiger partial charge in [0.15, 0.2) is 0 Å². The van der Waals surface area contributed by atoms with E-state index in [9.17, 15) is 14.9 Å². The van der Waals surface area contributed by atoms with Crippen molar-refractivity contribution in [2.45, 2.75) is 18.7 Å². The Morgan fingerprint density at radius 3 is 2.76 bits per heavy atom. The van der Waals surface area contributed by atoms with Crippen molar-refractivity contribution in [3.05, 3.63) is 67.7 Å². The van der Waals surface area contributed by atoms with E-state index in [-0.39, 0.29) is 17.3 Å². The van der Waals surface area contributed by atoms with Crippen LogP contribution in [0.2, 0.25) is 0 Å². The molecule has 0 heterocycles. The maximum Gasteiger partial charge on any atom is 0.278 e. The van der Waals surface area contributed by atoms with Crippen LogP contribution in [0.25, 0.3) is 0 Å². The van der Waals surface area contributed by atoms with Crippen LogP contribution >= 0.6 is 27.7 Å². The largest absolute Gasteiger partial charge is 0.278 e. The maximum atomic E-state index is 11.9. The summed E-state index contributed by atoms with van der Waals surface area (Å²) < 4.78 is 1.04. The van der Waals surface area contributed by atoms with Gasteiger partial charge in [-0.05, 0) is 43.2 Å². The van der Waals surface area contributed by atoms with Crippen LogP contribution in [-0.4, -0.2) is 22.8 Å². The van der Waals surface area contributed by atoms with Gasteiger partial charge in [0.2, 0.25) is 5.91 Å². The number of halogens is 1. The Morgan fingerprint density at radius 1 is 1.32 bits per heavy atom. The molecule has 0 aliphatic rings. The van der Waals surface area contributed by atoms with Crippen LogP contribution in [0.3, 0.4) is 0 Å². The molecule has 2 aromatic carbocycles. The number of thioether (sulfide) groups is 1. The summed E-state index contributed by atoms with van der Waals surface area (Å²) in [6.45, 7) is 3.97. The highest BCUT2D eigenvalue weighted by Crippen LogP contribution is 2.28. The molecule has 25 heavy (non-hydrogen) atoms. The van der Waals surface area contributed by atoms with E-state index in [1.165, 1.54) is 24.0 Å². The quantitative estimate of drug-likeness (QED) is 0.327. The summed E-state index contributed by atoms with van der Waals surface area (Å²) >= 11 is 4.89. The minimum absolute atomic E-state index is 0.0594. The van der Waals surface area contributed by atoms with Gasteiger partial charge in [0, 0.05) is 15.4 Å². The number of hydrogen-bond acceptors (Lipinski definition) is 5. The second-order valence-electron chi connectivity index (χ2n) is 5.26. The molecule has 0 fully saturated rings. The normalized spacial score (nSPS) is 10.8. The number of aryl methyl sites for hydroxylation is 2. The Morgan fingerprint density at radius 2 is 2.04 bits per heavy atom. The first kappa shape index (κ1) is 19.1. The summed E-state index contributed by atoms with van der Waals surface area (Å²) in [4.78, 5) is 23.3. The van der Waals surface area contributed by atoms with Gasteiger partial charge in [0.25, 0.3) is 5.69 Å². The third-order valence-electron chi connectivity index (χ3n) is 3.34. The molecule has 1 amide bonds. The van der Waals surface area contributed by atoms with E-state index >= 15 is 0 Å². The fourth-order valence-electron chi connectivity index (χ4n) is 2.02. The number of nitrogens with one attached hydrogen (secondary N) is 1. The lowest BCUT2D eigenvalue weighted by atomic mass is 10.2. The molecule has 0 spiro atoms. The van der Waals surface area contributed by atoms with Crippen LogP contribution in [0.15, 0.2) is 50.9 Å². The van der Waals surface area contributed by atoms with Gasteiger partial charge in [-0.15, -0.1) is 11.8 Å². The third kappa shape index (κ3) is 5.40. The SMILES string of the molecule is Cc1cc(SCC(=O)NN=Cc2ccccc2[N+](=O)[O-])c(C)cc1Br. The molecule has 0 bridgehead atoms. The molecule has 2 aromatic rings. The molecule has 8 heteroatoms. The topological polar surface area (TPSA) is 84.6 Å². The first-order valence-corrected chi connectivity index (χ1v) is 9.11. The predicted molar refractivity (Wildman–Crippen MR) is 103 cm³/mol. The number of nitro benzene ring substituents is 1. The molecule has 130 valence electrons. The number of para-hydroxylation sites is 1. The van der Waals surface area contributed by atoms with Gasteiger partial charge in [0.05, 0.1) is 22.5 Å². The zero-order valence-corrected chi connectivity index (χ0v) is 16.1. The van der Waals surface area contributed by atoms with Gasteiger partial charge < -0.3 is 0 Å². The van der Waals surface area contributed by atoms with Gasteiger partial charge in [-0.25, -0.2) is 5.43 Å². The minimum Gasteiger partial charge on any atom is -0.272 e. The van der Waals surface area contributed by atoms with Gasteiger partial charge in [-0.2, -0.15) is 5.10 Å². The van der Waals surface area contributed by atoms with E-state index in [0.29, 0.717) is 5.56 Å². The van der Waals surface area contributed by atoms with Crippen LogP contribution in [0.4, 0.5) is 5.69 Å². The number of rotatable bonds is 6. The van der Waals surface area contributed by atoms with E-state index < -0.39 is 4.92 Å². The third-order valence-corrected chi connectivity index (χ3v) is 5.35. The zero-order valence-electron chi connectivity index (χ0n) is 13.7. The highest BCUT2D eigenvalue weighted by atomic mass is 79.9. The lowest BCUT2D eigenvalue weighted by Gasteiger charge is -2.08. The number of benzene rings is 2. The average molecular weight is 422 g/mol. The molecule has 6 nitrogen and oxygen atoms in total. The van der Waals surface area contributed by atoms with E-state index in [1.54, 1.807) is 18.2 Å². The Hall–Kier alpha value is -2.19. The summed E-state index contributed by atoms with van der Waals surface area (Å²) in [5.41, 5.74) is 4.85. The second-order valence-corrected chi connectivity index (χ2v) is 7.14. The Kier molecular flexibility index (Phi) is 6.72. The fourth-order valence-corrected chi connectivity index (χ4v) is 3.38. The lowest BCUT2D eigenvalue weighted by Crippen LogP contribution is -2.19. The van der Waals surface area contributed by atoms with Crippen molar-refractivity contribution < 1.29 is 9.72 Å². The molecule has 0 radical (unpaired) electrons. The highest BCUT2D eigenvalue weighted by molar-refractivity contribution is 9.10. The van der Waals surface area contributed by atoms with Crippen molar-refractivity contribution in [1.29, 1.82) is 0 Å². The van der Waals surface area contributed by atoms with Gasteiger partial charge in [0.1, 0.15) is 0 Å². The van der Waals surface area contributed by atoms with Gasteiger partial charge in [-0.3, -0.25) is 14.9 Å². The van der Waals surface area contributed by atoms with Crippen molar-refractivity contribution in [2.24, 2.45) is 5.10 Å². The number of amides is 1.